The highest BCUT2D eigenvalue weighted by molar-refractivity contribution is 5.85. The summed E-state index contributed by atoms with van der Waals surface area (Å²) in [5, 5.41) is 12.1. The van der Waals surface area contributed by atoms with Crippen molar-refractivity contribution >= 4 is 11.7 Å². The summed E-state index contributed by atoms with van der Waals surface area (Å²) >= 11 is 0. The number of rotatable bonds is 6. The molecule has 1 aromatic heterocycles. The molecule has 0 saturated carbocycles. The lowest BCUT2D eigenvalue weighted by Gasteiger charge is -2.07. The maximum Gasteiger partial charge on any atom is 0.354 e. The van der Waals surface area contributed by atoms with Crippen molar-refractivity contribution < 1.29 is 9.90 Å². The van der Waals surface area contributed by atoms with E-state index in [0.717, 1.165) is 18.5 Å². The zero-order valence-corrected chi connectivity index (χ0v) is 11.5. The summed E-state index contributed by atoms with van der Waals surface area (Å²) in [6.07, 6.45) is 2.22. The van der Waals surface area contributed by atoms with Gasteiger partial charge in [0, 0.05) is 5.69 Å². The third-order valence-electron chi connectivity index (χ3n) is 2.99. The van der Waals surface area contributed by atoms with Gasteiger partial charge < -0.3 is 10.4 Å². The fraction of sp³-hybridized carbons (Fsp3) is 0.250. The minimum atomic E-state index is -1.00. The third-order valence-corrected chi connectivity index (χ3v) is 2.99. The quantitative estimate of drug-likeness (QED) is 0.845. The average molecular weight is 270 g/mol. The Kier molecular flexibility index (Phi) is 4.71. The molecule has 2 aromatic rings. The highest BCUT2D eigenvalue weighted by Crippen LogP contribution is 2.12. The molecule has 0 unspecified atom stereocenters. The van der Waals surface area contributed by atoms with Crippen LogP contribution in [0.5, 0.6) is 0 Å². The molecule has 4 heteroatoms. The third kappa shape index (κ3) is 3.82. The van der Waals surface area contributed by atoms with E-state index >= 15 is 0 Å². The summed E-state index contributed by atoms with van der Waals surface area (Å²) in [4.78, 5) is 14.9. The summed E-state index contributed by atoms with van der Waals surface area (Å²) in [5.74, 6) is -1.00. The Morgan fingerprint density at radius 3 is 2.60 bits per heavy atom. The molecule has 2 N–H and O–H groups in total. The van der Waals surface area contributed by atoms with E-state index in [2.05, 4.69) is 29.4 Å². The van der Waals surface area contributed by atoms with E-state index in [1.54, 1.807) is 6.07 Å². The van der Waals surface area contributed by atoms with E-state index in [-0.39, 0.29) is 5.69 Å². The number of carboxylic acid groups (broad SMARTS) is 1. The van der Waals surface area contributed by atoms with Gasteiger partial charge in [0.15, 0.2) is 0 Å². The molecule has 0 aliphatic heterocycles. The van der Waals surface area contributed by atoms with Crippen LogP contribution in [0.2, 0.25) is 0 Å². The molecular weight excluding hydrogens is 252 g/mol. The molecule has 1 heterocycles. The van der Waals surface area contributed by atoms with Gasteiger partial charge in [-0.25, -0.2) is 9.78 Å². The van der Waals surface area contributed by atoms with E-state index in [1.807, 2.05) is 18.2 Å². The first kappa shape index (κ1) is 14.1. The number of nitrogens with zero attached hydrogens (tertiary/aromatic N) is 1. The second-order valence-electron chi connectivity index (χ2n) is 4.62. The van der Waals surface area contributed by atoms with Crippen LogP contribution < -0.4 is 5.32 Å². The van der Waals surface area contributed by atoms with Gasteiger partial charge in [0.1, 0.15) is 5.69 Å². The minimum absolute atomic E-state index is 0.0718. The number of carbonyl (C=O) groups is 1. The number of hydrogen-bond acceptors (Lipinski definition) is 3. The molecule has 0 aliphatic carbocycles. The van der Waals surface area contributed by atoms with Gasteiger partial charge in [0.05, 0.1) is 12.2 Å². The first-order valence-electron chi connectivity index (χ1n) is 6.71. The Hall–Kier alpha value is -2.36. The zero-order chi connectivity index (χ0) is 14.4. The Labute approximate surface area is 118 Å². The Morgan fingerprint density at radius 2 is 1.95 bits per heavy atom. The number of pyridine rings is 1. The maximum atomic E-state index is 10.8. The first-order valence-corrected chi connectivity index (χ1v) is 6.71. The van der Waals surface area contributed by atoms with Crippen molar-refractivity contribution in [1.82, 2.24) is 4.98 Å². The topological polar surface area (TPSA) is 62.2 Å². The Balaban J connectivity index is 1.97. The molecule has 4 nitrogen and oxygen atoms in total. The van der Waals surface area contributed by atoms with Crippen LogP contribution in [0.25, 0.3) is 0 Å². The van der Waals surface area contributed by atoms with Crippen LogP contribution in [0, 0.1) is 0 Å². The number of anilines is 1. The van der Waals surface area contributed by atoms with Crippen molar-refractivity contribution in [3.05, 3.63) is 59.4 Å². The van der Waals surface area contributed by atoms with E-state index < -0.39 is 5.97 Å². The predicted octanol–water partition coefficient (Wildman–Crippen LogP) is 3.34. The summed E-state index contributed by atoms with van der Waals surface area (Å²) in [5.41, 5.74) is 3.11. The molecule has 0 fully saturated rings. The molecule has 0 radical (unpaired) electrons. The number of aryl methyl sites for hydroxylation is 1. The van der Waals surface area contributed by atoms with Crippen molar-refractivity contribution in [2.75, 3.05) is 5.32 Å². The number of benzene rings is 1. The molecule has 104 valence electrons. The number of hydrogen-bond donors (Lipinski definition) is 2. The predicted molar refractivity (Wildman–Crippen MR) is 79.0 cm³/mol. The van der Waals surface area contributed by atoms with Crippen LogP contribution in [0.1, 0.15) is 35.1 Å². The van der Waals surface area contributed by atoms with Crippen LogP contribution >= 0.6 is 0 Å². The lowest BCUT2D eigenvalue weighted by atomic mass is 10.1. The molecule has 0 spiro atoms. The average Bonchev–Trinajstić information content (AvgIpc) is 2.47. The molecule has 0 aliphatic rings. The van der Waals surface area contributed by atoms with Crippen molar-refractivity contribution in [2.24, 2.45) is 0 Å². The number of carboxylic acids is 1. The lowest BCUT2D eigenvalue weighted by molar-refractivity contribution is 0.0690. The fourth-order valence-corrected chi connectivity index (χ4v) is 1.97. The van der Waals surface area contributed by atoms with E-state index in [1.165, 1.54) is 11.6 Å². The zero-order valence-electron chi connectivity index (χ0n) is 11.5. The van der Waals surface area contributed by atoms with Gasteiger partial charge in [-0.3, -0.25) is 0 Å². The van der Waals surface area contributed by atoms with Gasteiger partial charge in [-0.1, -0.05) is 31.5 Å². The highest BCUT2D eigenvalue weighted by Gasteiger charge is 2.04. The van der Waals surface area contributed by atoms with Crippen molar-refractivity contribution in [3.63, 3.8) is 0 Å². The molecule has 20 heavy (non-hydrogen) atoms. The van der Waals surface area contributed by atoms with Gasteiger partial charge in [-0.2, -0.15) is 0 Å². The van der Waals surface area contributed by atoms with Crippen LogP contribution in [0.4, 0.5) is 5.69 Å². The number of aromatic nitrogens is 1. The maximum absolute atomic E-state index is 10.8. The van der Waals surface area contributed by atoms with Gasteiger partial charge in [0.25, 0.3) is 0 Å². The van der Waals surface area contributed by atoms with Crippen LogP contribution in [-0.2, 0) is 13.0 Å². The summed E-state index contributed by atoms with van der Waals surface area (Å²) in [6.45, 7) is 2.67. The van der Waals surface area contributed by atoms with Crippen LogP contribution in [-0.4, -0.2) is 16.1 Å². The van der Waals surface area contributed by atoms with Crippen molar-refractivity contribution in [3.8, 4) is 0 Å². The molecule has 1 aromatic carbocycles. The normalized spacial score (nSPS) is 10.2. The van der Waals surface area contributed by atoms with E-state index in [9.17, 15) is 4.79 Å². The van der Waals surface area contributed by atoms with Gasteiger partial charge in [-0.05, 0) is 36.2 Å². The van der Waals surface area contributed by atoms with E-state index in [0.29, 0.717) is 12.2 Å². The van der Waals surface area contributed by atoms with Crippen molar-refractivity contribution in [1.29, 1.82) is 0 Å². The first-order chi connectivity index (χ1) is 9.69. The van der Waals surface area contributed by atoms with Crippen molar-refractivity contribution in [2.45, 2.75) is 26.3 Å². The van der Waals surface area contributed by atoms with Gasteiger partial charge in [-0.15, -0.1) is 0 Å². The summed E-state index contributed by atoms with van der Waals surface area (Å²) in [7, 11) is 0. The SMILES string of the molecule is CCCc1ccc(NCc2cccc(C(=O)O)n2)cc1. The monoisotopic (exact) mass is 270 g/mol. The molecule has 0 amide bonds. The van der Waals surface area contributed by atoms with Crippen LogP contribution in [0.15, 0.2) is 42.5 Å². The summed E-state index contributed by atoms with van der Waals surface area (Å²) < 4.78 is 0. The Bertz CT molecular complexity index is 579. The minimum Gasteiger partial charge on any atom is -0.477 e. The molecule has 0 saturated heterocycles. The highest BCUT2D eigenvalue weighted by atomic mass is 16.4. The molecule has 0 atom stereocenters. The van der Waals surface area contributed by atoms with Crippen LogP contribution in [0.3, 0.4) is 0 Å². The lowest BCUT2D eigenvalue weighted by Crippen LogP contribution is -2.06. The number of nitrogens with one attached hydrogen (secondary N) is 1. The largest absolute Gasteiger partial charge is 0.477 e. The second kappa shape index (κ2) is 6.70. The Morgan fingerprint density at radius 1 is 1.20 bits per heavy atom. The molecule has 0 bridgehead atoms. The fourth-order valence-electron chi connectivity index (χ4n) is 1.97. The van der Waals surface area contributed by atoms with E-state index in [4.69, 9.17) is 5.11 Å². The standard InChI is InChI=1S/C16H18N2O2/c1-2-4-12-7-9-13(10-8-12)17-11-14-5-3-6-15(18-14)16(19)20/h3,5-10,17H,2,4,11H2,1H3,(H,19,20). The van der Waals surface area contributed by atoms with Gasteiger partial charge in [0.2, 0.25) is 0 Å². The second-order valence-corrected chi connectivity index (χ2v) is 4.62. The molecule has 2 rings (SSSR count). The van der Waals surface area contributed by atoms with Gasteiger partial charge >= 0.3 is 5.97 Å². The number of aromatic carboxylic acids is 1. The smallest absolute Gasteiger partial charge is 0.354 e. The summed E-state index contributed by atoms with van der Waals surface area (Å²) in [6, 6.07) is 13.3. The molecular formula is C16H18N2O2.